The molecule has 35 heavy (non-hydrogen) atoms. The predicted octanol–water partition coefficient (Wildman–Crippen LogP) is 3.73. The number of likely N-dealkylation sites (N-methyl/N-ethyl adjacent to an activating group) is 1. The van der Waals surface area contributed by atoms with Gasteiger partial charge in [0.1, 0.15) is 11.7 Å². The SMILES string of the molecule is C[C@H]1CN([C@@H](C)CO)C(=O)c2cc(/C=C/c3ccccc3)cnc2O[C@H]1CN(C)C(=O)C1CCC1. The van der Waals surface area contributed by atoms with Gasteiger partial charge < -0.3 is 19.6 Å². The molecule has 1 aliphatic heterocycles. The van der Waals surface area contributed by atoms with Gasteiger partial charge in [0.2, 0.25) is 11.8 Å². The highest BCUT2D eigenvalue weighted by atomic mass is 16.5. The second-order valence-electron chi connectivity index (χ2n) is 9.83. The highest BCUT2D eigenvalue weighted by molar-refractivity contribution is 5.97. The van der Waals surface area contributed by atoms with Gasteiger partial charge in [0.25, 0.3) is 5.91 Å². The van der Waals surface area contributed by atoms with Crippen LogP contribution in [0.25, 0.3) is 12.2 Å². The number of nitrogens with zero attached hydrogens (tertiary/aromatic N) is 3. The summed E-state index contributed by atoms with van der Waals surface area (Å²) in [4.78, 5) is 34.3. The number of aromatic nitrogens is 1. The number of rotatable bonds is 7. The van der Waals surface area contributed by atoms with Gasteiger partial charge in [-0.05, 0) is 37.0 Å². The lowest BCUT2D eigenvalue weighted by atomic mass is 9.84. The zero-order chi connectivity index (χ0) is 24.9. The van der Waals surface area contributed by atoms with Gasteiger partial charge in [-0.1, -0.05) is 55.8 Å². The van der Waals surface area contributed by atoms with Gasteiger partial charge in [0.05, 0.1) is 19.2 Å². The number of amides is 2. The maximum absolute atomic E-state index is 13.5. The zero-order valence-corrected chi connectivity index (χ0v) is 20.8. The molecule has 7 nitrogen and oxygen atoms in total. The van der Waals surface area contributed by atoms with Crippen LogP contribution in [0.1, 0.15) is 54.6 Å². The maximum Gasteiger partial charge on any atom is 0.259 e. The van der Waals surface area contributed by atoms with Crippen molar-refractivity contribution < 1.29 is 19.4 Å². The van der Waals surface area contributed by atoms with E-state index in [0.717, 1.165) is 30.4 Å². The van der Waals surface area contributed by atoms with Crippen molar-refractivity contribution in [2.24, 2.45) is 11.8 Å². The molecule has 1 aromatic heterocycles. The summed E-state index contributed by atoms with van der Waals surface area (Å²) in [6.07, 6.45) is 8.25. The van der Waals surface area contributed by atoms with Crippen LogP contribution in [0.3, 0.4) is 0 Å². The quantitative estimate of drug-likeness (QED) is 0.657. The number of aliphatic hydroxyl groups excluding tert-OH is 1. The molecule has 0 saturated heterocycles. The summed E-state index contributed by atoms with van der Waals surface area (Å²) in [5.74, 6) is 0.259. The first-order chi connectivity index (χ1) is 16.9. The second kappa shape index (κ2) is 11.0. The number of pyridine rings is 1. The summed E-state index contributed by atoms with van der Waals surface area (Å²) in [5, 5.41) is 9.84. The molecule has 0 radical (unpaired) electrons. The fraction of sp³-hybridized carbons (Fsp3) is 0.464. The van der Waals surface area contributed by atoms with Gasteiger partial charge in [-0.15, -0.1) is 0 Å². The maximum atomic E-state index is 13.5. The summed E-state index contributed by atoms with van der Waals surface area (Å²) < 4.78 is 6.31. The van der Waals surface area contributed by atoms with Gasteiger partial charge in [0.15, 0.2) is 0 Å². The molecule has 7 heteroatoms. The van der Waals surface area contributed by atoms with Gasteiger partial charge in [-0.2, -0.15) is 0 Å². The van der Waals surface area contributed by atoms with Crippen LogP contribution < -0.4 is 4.74 Å². The molecule has 0 bridgehead atoms. The highest BCUT2D eigenvalue weighted by Gasteiger charge is 2.36. The van der Waals surface area contributed by atoms with Crippen molar-refractivity contribution in [1.82, 2.24) is 14.8 Å². The number of hydrogen-bond donors (Lipinski definition) is 1. The normalized spacial score (nSPS) is 21.5. The first kappa shape index (κ1) is 24.9. The van der Waals surface area contributed by atoms with E-state index in [2.05, 4.69) is 4.98 Å². The molecule has 2 heterocycles. The lowest BCUT2D eigenvalue weighted by Gasteiger charge is -2.38. The topological polar surface area (TPSA) is 83.0 Å². The molecule has 1 N–H and O–H groups in total. The molecule has 1 aliphatic carbocycles. The molecular weight excluding hydrogens is 442 g/mol. The first-order valence-electron chi connectivity index (χ1n) is 12.4. The van der Waals surface area contributed by atoms with Crippen molar-refractivity contribution in [1.29, 1.82) is 0 Å². The number of fused-ring (bicyclic) bond motifs is 1. The Morgan fingerprint density at radius 3 is 2.63 bits per heavy atom. The Morgan fingerprint density at radius 2 is 1.97 bits per heavy atom. The summed E-state index contributed by atoms with van der Waals surface area (Å²) in [6.45, 7) is 4.54. The van der Waals surface area contributed by atoms with Gasteiger partial charge in [-0.3, -0.25) is 9.59 Å². The minimum atomic E-state index is -0.352. The zero-order valence-electron chi connectivity index (χ0n) is 20.8. The van der Waals surface area contributed by atoms with Crippen LogP contribution >= 0.6 is 0 Å². The van der Waals surface area contributed by atoms with Gasteiger partial charge >= 0.3 is 0 Å². The van der Waals surface area contributed by atoms with Gasteiger partial charge in [0, 0.05) is 31.6 Å². The first-order valence-corrected chi connectivity index (χ1v) is 12.4. The van der Waals surface area contributed by atoms with E-state index in [-0.39, 0.29) is 48.3 Å². The van der Waals surface area contributed by atoms with E-state index in [1.165, 1.54) is 0 Å². The smallest absolute Gasteiger partial charge is 0.259 e. The predicted molar refractivity (Wildman–Crippen MR) is 136 cm³/mol. The third-order valence-corrected chi connectivity index (χ3v) is 7.09. The molecule has 1 aromatic carbocycles. The molecule has 0 spiro atoms. The van der Waals surface area contributed by atoms with E-state index >= 15 is 0 Å². The molecule has 4 rings (SSSR count). The Bertz CT molecular complexity index is 1070. The van der Waals surface area contributed by atoms with Crippen LogP contribution in [-0.2, 0) is 4.79 Å². The minimum Gasteiger partial charge on any atom is -0.472 e. The largest absolute Gasteiger partial charge is 0.472 e. The summed E-state index contributed by atoms with van der Waals surface area (Å²) in [7, 11) is 1.82. The Balaban J connectivity index is 1.63. The average Bonchev–Trinajstić information content (AvgIpc) is 2.84. The Kier molecular flexibility index (Phi) is 7.86. The molecule has 1 fully saturated rings. The Hall–Kier alpha value is -3.19. The summed E-state index contributed by atoms with van der Waals surface area (Å²) >= 11 is 0. The average molecular weight is 478 g/mol. The van der Waals surface area contributed by atoms with Crippen LogP contribution in [0, 0.1) is 11.8 Å². The van der Waals surface area contributed by atoms with Crippen LogP contribution in [0.5, 0.6) is 5.88 Å². The highest BCUT2D eigenvalue weighted by Crippen LogP contribution is 2.30. The Labute approximate surface area is 207 Å². The summed E-state index contributed by atoms with van der Waals surface area (Å²) in [5.41, 5.74) is 2.19. The van der Waals surface area contributed by atoms with Crippen molar-refractivity contribution >= 4 is 24.0 Å². The fourth-order valence-electron chi connectivity index (χ4n) is 4.51. The molecule has 2 amide bonds. The number of carbonyl (C=O) groups is 2. The van der Waals surface area contributed by atoms with E-state index in [9.17, 15) is 14.7 Å². The molecule has 2 aliphatic rings. The van der Waals surface area contributed by atoms with E-state index in [0.29, 0.717) is 18.7 Å². The van der Waals surface area contributed by atoms with Crippen molar-refractivity contribution in [2.45, 2.75) is 45.3 Å². The number of carbonyl (C=O) groups excluding carboxylic acids is 2. The third-order valence-electron chi connectivity index (χ3n) is 7.09. The number of aliphatic hydroxyl groups is 1. The number of benzene rings is 1. The lowest BCUT2D eigenvalue weighted by molar-refractivity contribution is -0.138. The van der Waals surface area contributed by atoms with Crippen molar-refractivity contribution in [3.8, 4) is 5.88 Å². The fourth-order valence-corrected chi connectivity index (χ4v) is 4.51. The van der Waals surface area contributed by atoms with Crippen molar-refractivity contribution in [2.75, 3.05) is 26.7 Å². The minimum absolute atomic E-state index is 0.0582. The third kappa shape index (κ3) is 5.73. The van der Waals surface area contributed by atoms with Crippen LogP contribution in [-0.4, -0.2) is 70.6 Å². The van der Waals surface area contributed by atoms with Crippen LogP contribution in [0.15, 0.2) is 42.6 Å². The molecule has 186 valence electrons. The van der Waals surface area contributed by atoms with E-state index in [1.807, 2.05) is 63.4 Å². The van der Waals surface area contributed by atoms with Crippen LogP contribution in [0.4, 0.5) is 0 Å². The van der Waals surface area contributed by atoms with E-state index in [1.54, 1.807) is 22.1 Å². The monoisotopic (exact) mass is 477 g/mol. The van der Waals surface area contributed by atoms with Gasteiger partial charge in [-0.25, -0.2) is 4.98 Å². The standard InChI is InChI=1S/C28H35N3O4/c1-19-16-31(20(2)18-32)28(34)24-14-22(13-12-21-8-5-4-6-9-21)15-29-26(24)35-25(19)17-30(3)27(33)23-10-7-11-23/h4-6,8-9,12-15,19-20,23,25,32H,7,10-11,16-18H2,1-3H3/b13-12+/t19-,20-,25-/m0/s1. The second-order valence-corrected chi connectivity index (χ2v) is 9.83. The lowest BCUT2D eigenvalue weighted by Crippen LogP contribution is -2.51. The van der Waals surface area contributed by atoms with Crippen LogP contribution in [0.2, 0.25) is 0 Å². The van der Waals surface area contributed by atoms with E-state index in [4.69, 9.17) is 4.74 Å². The number of ether oxygens (including phenoxy) is 1. The molecule has 0 unspecified atom stereocenters. The molecule has 1 saturated carbocycles. The Morgan fingerprint density at radius 1 is 1.26 bits per heavy atom. The molecule has 3 atom stereocenters. The summed E-state index contributed by atoms with van der Waals surface area (Å²) in [6, 6.07) is 11.3. The number of hydrogen-bond acceptors (Lipinski definition) is 5. The van der Waals surface area contributed by atoms with E-state index < -0.39 is 0 Å². The van der Waals surface area contributed by atoms with Crippen molar-refractivity contribution in [3.05, 3.63) is 59.3 Å². The molecular formula is C28H35N3O4. The molecule has 2 aromatic rings. The van der Waals surface area contributed by atoms with Crippen molar-refractivity contribution in [3.63, 3.8) is 0 Å².